The summed E-state index contributed by atoms with van der Waals surface area (Å²) in [5.41, 5.74) is -6.84. The van der Waals surface area contributed by atoms with Crippen molar-refractivity contribution < 1.29 is 35.5 Å². The Kier molecular flexibility index (Phi) is 5.88. The molecule has 0 bridgehead atoms. The molecule has 3 nitrogen and oxygen atoms in total. The Labute approximate surface area is 182 Å². The van der Waals surface area contributed by atoms with Crippen LogP contribution in [0.2, 0.25) is 5.02 Å². The third-order valence-corrected chi connectivity index (χ3v) is 5.07. The second-order valence-electron chi connectivity index (χ2n) is 7.15. The molecule has 11 heteroatoms. The van der Waals surface area contributed by atoms with E-state index in [1.54, 1.807) is 12.1 Å². The number of carbonyl (C=O) groups is 1. The summed E-state index contributed by atoms with van der Waals surface area (Å²) in [7, 11) is 0. The summed E-state index contributed by atoms with van der Waals surface area (Å²) < 4.78 is 92.7. The molecule has 0 saturated heterocycles. The predicted octanol–water partition coefficient (Wildman–Crippen LogP) is 7.05. The molecule has 1 aromatic heterocycles. The van der Waals surface area contributed by atoms with Crippen molar-refractivity contribution in [1.82, 2.24) is 4.98 Å². The van der Waals surface area contributed by atoms with Gasteiger partial charge in [-0.15, -0.1) is 0 Å². The van der Waals surface area contributed by atoms with E-state index >= 15 is 0 Å². The van der Waals surface area contributed by atoms with Crippen molar-refractivity contribution in [3.8, 4) is 0 Å². The lowest BCUT2D eigenvalue weighted by molar-refractivity contribution is -0.348. The number of aryl methyl sites for hydroxylation is 2. The summed E-state index contributed by atoms with van der Waals surface area (Å²) in [6.07, 6.45) is -11.0. The molecule has 2 aromatic carbocycles. The van der Waals surface area contributed by atoms with Gasteiger partial charge < -0.3 is 5.32 Å². The first-order valence-electron chi connectivity index (χ1n) is 8.96. The number of halogens is 8. The van der Waals surface area contributed by atoms with Gasteiger partial charge >= 0.3 is 18.0 Å². The Morgan fingerprint density at radius 1 is 0.906 bits per heavy atom. The van der Waals surface area contributed by atoms with Crippen LogP contribution in [0.1, 0.15) is 27.0 Å². The van der Waals surface area contributed by atoms with E-state index in [0.29, 0.717) is 28.1 Å². The van der Waals surface area contributed by atoms with Gasteiger partial charge in [0.25, 0.3) is 5.91 Å². The maximum Gasteiger partial charge on any atom is 0.435 e. The number of aromatic nitrogens is 1. The van der Waals surface area contributed by atoms with Crippen LogP contribution in [-0.2, 0) is 5.67 Å². The number of alkyl halides is 7. The Morgan fingerprint density at radius 3 is 2.00 bits per heavy atom. The Morgan fingerprint density at radius 2 is 1.47 bits per heavy atom. The van der Waals surface area contributed by atoms with Crippen molar-refractivity contribution in [1.29, 1.82) is 0 Å². The van der Waals surface area contributed by atoms with E-state index < -0.39 is 29.5 Å². The molecule has 1 amide bonds. The molecule has 0 aliphatic rings. The van der Waals surface area contributed by atoms with Crippen LogP contribution in [0, 0.1) is 13.8 Å². The normalized spacial score (nSPS) is 12.8. The number of hydrogen-bond acceptors (Lipinski definition) is 2. The van der Waals surface area contributed by atoms with Crippen molar-refractivity contribution >= 4 is 34.1 Å². The fourth-order valence-corrected chi connectivity index (χ4v) is 3.45. The summed E-state index contributed by atoms with van der Waals surface area (Å²) >= 11 is 5.88. The third-order valence-electron chi connectivity index (χ3n) is 4.86. The van der Waals surface area contributed by atoms with E-state index in [1.807, 2.05) is 0 Å². The second kappa shape index (κ2) is 7.91. The summed E-state index contributed by atoms with van der Waals surface area (Å²) in [5.74, 6) is -0.677. The number of nitrogens with zero attached hydrogens (tertiary/aromatic N) is 1. The van der Waals surface area contributed by atoms with E-state index in [2.05, 4.69) is 10.3 Å². The smallest absolute Gasteiger partial charge is 0.322 e. The van der Waals surface area contributed by atoms with Gasteiger partial charge in [0.15, 0.2) is 0 Å². The molecular formula is C21H14ClF7N2O. The summed E-state index contributed by atoms with van der Waals surface area (Å²) in [6.45, 7) is 2.34. The summed E-state index contributed by atoms with van der Waals surface area (Å²) in [4.78, 5) is 16.7. The number of fused-ring (bicyclic) bond motifs is 1. The topological polar surface area (TPSA) is 42.0 Å². The van der Waals surface area contributed by atoms with Gasteiger partial charge in [-0.3, -0.25) is 9.78 Å². The molecule has 32 heavy (non-hydrogen) atoms. The molecule has 0 fully saturated rings. The first-order valence-corrected chi connectivity index (χ1v) is 9.33. The summed E-state index contributed by atoms with van der Waals surface area (Å²) in [5, 5.41) is 3.34. The predicted molar refractivity (Wildman–Crippen MR) is 106 cm³/mol. The molecule has 0 saturated carbocycles. The zero-order valence-electron chi connectivity index (χ0n) is 16.4. The van der Waals surface area contributed by atoms with Crippen molar-refractivity contribution in [2.45, 2.75) is 31.9 Å². The third kappa shape index (κ3) is 4.11. The van der Waals surface area contributed by atoms with E-state index in [-0.39, 0.29) is 22.4 Å². The minimum atomic E-state index is -6.23. The van der Waals surface area contributed by atoms with Gasteiger partial charge in [-0.25, -0.2) is 4.39 Å². The average molecular weight is 479 g/mol. The number of carbonyl (C=O) groups excluding carboxylic acids is 1. The molecule has 0 aliphatic carbocycles. The molecule has 0 atom stereocenters. The minimum absolute atomic E-state index is 0.0326. The van der Waals surface area contributed by atoms with E-state index in [1.165, 1.54) is 32.2 Å². The molecule has 3 rings (SSSR count). The molecule has 0 spiro atoms. The quantitative estimate of drug-likeness (QED) is 0.410. The van der Waals surface area contributed by atoms with Gasteiger partial charge in [0.05, 0.1) is 10.5 Å². The van der Waals surface area contributed by atoms with Gasteiger partial charge in [-0.2, -0.15) is 26.3 Å². The highest BCUT2D eigenvalue weighted by Crippen LogP contribution is 2.53. The second-order valence-corrected chi connectivity index (χ2v) is 7.59. The van der Waals surface area contributed by atoms with Gasteiger partial charge in [-0.1, -0.05) is 23.7 Å². The van der Waals surface area contributed by atoms with Crippen LogP contribution in [-0.4, -0.2) is 23.2 Å². The molecule has 0 unspecified atom stereocenters. The molecule has 1 heterocycles. The zero-order valence-corrected chi connectivity index (χ0v) is 17.2. The number of hydrogen-bond donors (Lipinski definition) is 1. The molecule has 0 radical (unpaired) electrons. The van der Waals surface area contributed by atoms with E-state index in [0.717, 1.165) is 0 Å². The van der Waals surface area contributed by atoms with Crippen molar-refractivity contribution in [2.24, 2.45) is 0 Å². The van der Waals surface area contributed by atoms with Gasteiger partial charge in [-0.05, 0) is 49.2 Å². The van der Waals surface area contributed by atoms with Crippen LogP contribution < -0.4 is 5.32 Å². The monoisotopic (exact) mass is 478 g/mol. The van der Waals surface area contributed by atoms with Crippen LogP contribution >= 0.6 is 11.6 Å². The summed E-state index contributed by atoms with van der Waals surface area (Å²) in [6, 6.07) is 6.88. The van der Waals surface area contributed by atoms with Crippen molar-refractivity contribution in [3.05, 3.63) is 69.9 Å². The van der Waals surface area contributed by atoms with Crippen LogP contribution in [0.25, 0.3) is 10.9 Å². The Balaban J connectivity index is 1.99. The highest BCUT2D eigenvalue weighted by molar-refractivity contribution is 6.31. The van der Waals surface area contributed by atoms with Gasteiger partial charge in [0.1, 0.15) is 0 Å². The molecular weight excluding hydrogens is 465 g/mol. The highest BCUT2D eigenvalue weighted by Gasteiger charge is 2.73. The lowest BCUT2D eigenvalue weighted by atomic mass is 9.90. The Bertz CT molecular complexity index is 1170. The van der Waals surface area contributed by atoms with Crippen LogP contribution in [0.15, 0.2) is 42.6 Å². The molecule has 170 valence electrons. The Hall–Kier alpha value is -2.88. The number of pyridine rings is 1. The van der Waals surface area contributed by atoms with Crippen molar-refractivity contribution in [2.75, 3.05) is 5.32 Å². The molecule has 3 aromatic rings. The number of rotatable bonds is 3. The number of benzene rings is 2. The van der Waals surface area contributed by atoms with E-state index in [9.17, 15) is 35.5 Å². The zero-order chi connectivity index (χ0) is 24.1. The number of anilines is 1. The fraction of sp³-hybridized carbons (Fsp3) is 0.238. The largest absolute Gasteiger partial charge is 0.435 e. The average Bonchev–Trinajstić information content (AvgIpc) is 2.67. The lowest BCUT2D eigenvalue weighted by Crippen LogP contribution is -2.50. The first-order chi connectivity index (χ1) is 14.6. The minimum Gasteiger partial charge on any atom is -0.322 e. The maximum atomic E-state index is 14.4. The van der Waals surface area contributed by atoms with Crippen LogP contribution in [0.4, 0.5) is 36.4 Å². The standard InChI is InChI=1S/C21H14ClF7N2O/c1-10-5-14(19(23,20(24,25)26)21(27,28)29)6-11(2)17(10)31-18(32)12-3-4-16-13(7-12)8-15(22)9-30-16/h3-9H,1-2H3,(H,31,32). The molecule has 0 aliphatic heterocycles. The lowest BCUT2D eigenvalue weighted by Gasteiger charge is -2.31. The maximum absolute atomic E-state index is 14.4. The first kappa shape index (κ1) is 23.8. The highest BCUT2D eigenvalue weighted by atomic mass is 35.5. The van der Waals surface area contributed by atoms with Crippen LogP contribution in [0.5, 0.6) is 0 Å². The SMILES string of the molecule is Cc1cc(C(F)(C(F)(F)F)C(F)(F)F)cc(C)c1NC(=O)c1ccc2ncc(Cl)cc2c1. The van der Waals surface area contributed by atoms with E-state index in [4.69, 9.17) is 11.6 Å². The van der Waals surface area contributed by atoms with Crippen molar-refractivity contribution in [3.63, 3.8) is 0 Å². The van der Waals surface area contributed by atoms with Crippen LogP contribution in [0.3, 0.4) is 0 Å². The van der Waals surface area contributed by atoms with Gasteiger partial charge in [0.2, 0.25) is 0 Å². The fourth-order valence-electron chi connectivity index (χ4n) is 3.28. The molecule has 1 N–H and O–H groups in total. The number of amides is 1. The number of nitrogens with one attached hydrogen (secondary N) is 1. The van der Waals surface area contributed by atoms with Gasteiger partial charge in [0, 0.05) is 28.4 Å².